The molecule has 0 bridgehead atoms. The van der Waals surface area contributed by atoms with Gasteiger partial charge in [0.1, 0.15) is 0 Å². The van der Waals surface area contributed by atoms with Crippen LogP contribution in [0.1, 0.15) is 12.8 Å². The third kappa shape index (κ3) is 2.73. The van der Waals surface area contributed by atoms with Crippen molar-refractivity contribution in [1.82, 2.24) is 10.1 Å². The van der Waals surface area contributed by atoms with Crippen LogP contribution in [0.2, 0.25) is 0 Å². The predicted molar refractivity (Wildman–Crippen MR) is 88.3 cm³/mol. The molecule has 7 heteroatoms. The van der Waals surface area contributed by atoms with E-state index in [0.29, 0.717) is 18.5 Å². The van der Waals surface area contributed by atoms with Gasteiger partial charge in [0.25, 0.3) is 0 Å². The van der Waals surface area contributed by atoms with Crippen molar-refractivity contribution in [3.05, 3.63) is 34.7 Å². The Morgan fingerprint density at radius 1 is 1.26 bits per heavy atom. The molecule has 0 spiro atoms. The lowest BCUT2D eigenvalue weighted by molar-refractivity contribution is 0.0981. The van der Waals surface area contributed by atoms with E-state index in [4.69, 9.17) is 10.1 Å². The quantitative estimate of drug-likeness (QED) is 0.495. The van der Waals surface area contributed by atoms with Crippen LogP contribution in [0.5, 0.6) is 0 Å². The minimum atomic E-state index is 0.501. The monoisotopic (exact) mass is 312 g/mol. The summed E-state index contributed by atoms with van der Waals surface area (Å²) in [5.41, 5.74) is 9.33. The highest BCUT2D eigenvalue weighted by molar-refractivity contribution is 5.88. The summed E-state index contributed by atoms with van der Waals surface area (Å²) < 4.78 is 5.45. The first-order valence-corrected chi connectivity index (χ1v) is 8.19. The minimum Gasteiger partial charge on any atom is -0.354 e. The molecule has 2 aliphatic rings. The normalized spacial score (nSPS) is 25.1. The van der Waals surface area contributed by atoms with Crippen LogP contribution in [0.3, 0.4) is 0 Å². The third-order valence-electron chi connectivity index (χ3n) is 5.07. The van der Waals surface area contributed by atoms with Crippen molar-refractivity contribution >= 4 is 16.8 Å². The summed E-state index contributed by atoms with van der Waals surface area (Å²) in [6.45, 7) is 4.64. The smallest absolute Gasteiger partial charge is 0.180 e. The Hall–Kier alpha value is -2.24. The van der Waals surface area contributed by atoms with Crippen molar-refractivity contribution in [1.29, 1.82) is 0 Å². The lowest BCUT2D eigenvalue weighted by atomic mass is 9.91. The van der Waals surface area contributed by atoms with Gasteiger partial charge in [0, 0.05) is 43.7 Å². The van der Waals surface area contributed by atoms with Gasteiger partial charge in [-0.05, 0) is 36.4 Å². The molecule has 0 amide bonds. The van der Waals surface area contributed by atoms with Crippen LogP contribution >= 0.6 is 0 Å². The molecule has 2 unspecified atom stereocenters. The van der Waals surface area contributed by atoms with E-state index >= 15 is 0 Å². The first-order chi connectivity index (χ1) is 11.3. The molecular formula is C16H20N6O. The summed E-state index contributed by atoms with van der Waals surface area (Å²) in [6, 6.07) is 8.59. The van der Waals surface area contributed by atoms with Crippen molar-refractivity contribution in [2.24, 2.45) is 11.0 Å². The highest BCUT2D eigenvalue weighted by Gasteiger charge is 2.33. The highest BCUT2D eigenvalue weighted by Crippen LogP contribution is 2.31. The number of nitrogens with zero attached hydrogens (tertiary/aromatic N) is 6. The van der Waals surface area contributed by atoms with Crippen LogP contribution in [-0.2, 0) is 0 Å². The molecule has 120 valence electrons. The number of azide groups is 1. The van der Waals surface area contributed by atoms with Gasteiger partial charge in [0.2, 0.25) is 0 Å². The average molecular weight is 312 g/mol. The molecule has 0 N–H and O–H groups in total. The summed E-state index contributed by atoms with van der Waals surface area (Å²) in [5.74, 6) is 1.47. The van der Waals surface area contributed by atoms with Gasteiger partial charge in [-0.1, -0.05) is 22.4 Å². The van der Waals surface area contributed by atoms with Crippen molar-refractivity contribution < 1.29 is 4.52 Å². The molecule has 3 heterocycles. The average Bonchev–Trinajstić information content (AvgIpc) is 3.03. The lowest BCUT2D eigenvalue weighted by Gasteiger charge is -2.46. The van der Waals surface area contributed by atoms with E-state index in [2.05, 4.69) is 31.0 Å². The van der Waals surface area contributed by atoms with Crippen molar-refractivity contribution in [3.8, 4) is 0 Å². The Bertz CT molecular complexity index is 737. The first-order valence-electron chi connectivity index (χ1n) is 8.19. The van der Waals surface area contributed by atoms with Gasteiger partial charge in [-0.15, -0.1) is 0 Å². The number of fused-ring (bicyclic) bond motifs is 2. The summed E-state index contributed by atoms with van der Waals surface area (Å²) in [7, 11) is 0. The number of para-hydroxylation sites is 1. The SMILES string of the molecule is [N-]=[N+]=NCC1CCC2CN(c3noc4ccccc34)CCN2C1. The molecule has 2 aliphatic heterocycles. The van der Waals surface area contributed by atoms with Gasteiger partial charge in [-0.3, -0.25) is 4.90 Å². The van der Waals surface area contributed by atoms with Crippen molar-refractivity contribution in [2.75, 3.05) is 37.6 Å². The number of aromatic nitrogens is 1. The molecule has 2 atom stereocenters. The Morgan fingerprint density at radius 2 is 2.17 bits per heavy atom. The van der Waals surface area contributed by atoms with Gasteiger partial charge in [-0.2, -0.15) is 0 Å². The molecule has 1 aromatic carbocycles. The summed E-state index contributed by atoms with van der Waals surface area (Å²) in [4.78, 5) is 7.78. The predicted octanol–water partition coefficient (Wildman–Crippen LogP) is 3.04. The fourth-order valence-electron chi connectivity index (χ4n) is 3.85. The molecule has 7 nitrogen and oxygen atoms in total. The summed E-state index contributed by atoms with van der Waals surface area (Å²) in [6.07, 6.45) is 2.28. The Labute approximate surface area is 134 Å². The van der Waals surface area contributed by atoms with E-state index in [-0.39, 0.29) is 0 Å². The fourth-order valence-corrected chi connectivity index (χ4v) is 3.85. The van der Waals surface area contributed by atoms with Crippen LogP contribution in [0.25, 0.3) is 21.4 Å². The van der Waals surface area contributed by atoms with Gasteiger partial charge in [0.05, 0.1) is 5.39 Å². The standard InChI is InChI=1S/C16H20N6O/c17-20-18-9-12-5-6-13-11-22(8-7-21(13)10-12)16-14-3-1-2-4-15(14)23-19-16/h1-4,12-13H,5-11H2. The minimum absolute atomic E-state index is 0.501. The van der Waals surface area contributed by atoms with Crippen LogP contribution in [0.4, 0.5) is 5.82 Å². The highest BCUT2D eigenvalue weighted by atomic mass is 16.5. The van der Waals surface area contributed by atoms with E-state index < -0.39 is 0 Å². The number of benzene rings is 1. The summed E-state index contributed by atoms with van der Waals surface area (Å²) >= 11 is 0. The van der Waals surface area contributed by atoms with E-state index in [9.17, 15) is 0 Å². The number of hydrogen-bond donors (Lipinski definition) is 0. The molecule has 0 radical (unpaired) electrons. The Morgan fingerprint density at radius 3 is 3.09 bits per heavy atom. The van der Waals surface area contributed by atoms with E-state index in [0.717, 1.165) is 55.8 Å². The zero-order valence-electron chi connectivity index (χ0n) is 13.0. The molecule has 23 heavy (non-hydrogen) atoms. The summed E-state index contributed by atoms with van der Waals surface area (Å²) in [5, 5.41) is 9.13. The number of hydrogen-bond acceptors (Lipinski definition) is 5. The third-order valence-corrected chi connectivity index (χ3v) is 5.07. The van der Waals surface area contributed by atoms with Crippen LogP contribution in [0, 0.1) is 5.92 Å². The second-order valence-electron chi connectivity index (χ2n) is 6.45. The number of piperazine rings is 1. The van der Waals surface area contributed by atoms with Crippen LogP contribution < -0.4 is 4.90 Å². The Kier molecular flexibility index (Phi) is 3.81. The number of rotatable bonds is 3. The maximum absolute atomic E-state index is 8.48. The van der Waals surface area contributed by atoms with Crippen LogP contribution in [-0.4, -0.2) is 48.8 Å². The first kappa shape index (κ1) is 14.4. The maximum Gasteiger partial charge on any atom is 0.180 e. The second kappa shape index (κ2) is 6.10. The molecule has 2 aromatic rings. The Balaban J connectivity index is 1.47. The van der Waals surface area contributed by atoms with Gasteiger partial charge >= 0.3 is 0 Å². The van der Waals surface area contributed by atoms with Crippen LogP contribution in [0.15, 0.2) is 33.9 Å². The van der Waals surface area contributed by atoms with Gasteiger partial charge < -0.3 is 9.42 Å². The maximum atomic E-state index is 8.48. The number of piperidine rings is 1. The molecule has 0 aliphatic carbocycles. The molecule has 4 rings (SSSR count). The largest absolute Gasteiger partial charge is 0.354 e. The zero-order chi connectivity index (χ0) is 15.6. The van der Waals surface area contributed by atoms with Gasteiger partial charge in [-0.25, -0.2) is 0 Å². The van der Waals surface area contributed by atoms with Gasteiger partial charge in [0.15, 0.2) is 11.4 Å². The molecular weight excluding hydrogens is 292 g/mol. The van der Waals surface area contributed by atoms with E-state index in [1.54, 1.807) is 0 Å². The molecule has 1 aromatic heterocycles. The van der Waals surface area contributed by atoms with E-state index in [1.165, 1.54) is 0 Å². The number of anilines is 1. The second-order valence-corrected chi connectivity index (χ2v) is 6.45. The van der Waals surface area contributed by atoms with E-state index in [1.807, 2.05) is 18.2 Å². The fraction of sp³-hybridized carbons (Fsp3) is 0.562. The molecule has 0 saturated carbocycles. The van der Waals surface area contributed by atoms with Crippen molar-refractivity contribution in [2.45, 2.75) is 18.9 Å². The van der Waals surface area contributed by atoms with Crippen molar-refractivity contribution in [3.63, 3.8) is 0 Å². The topological polar surface area (TPSA) is 81.3 Å². The molecule has 2 saturated heterocycles. The zero-order valence-corrected chi connectivity index (χ0v) is 13.0. The molecule has 2 fully saturated rings. The lowest BCUT2D eigenvalue weighted by Crippen LogP contribution is -2.56.